The number of carbonyl (C=O) groups is 1. The van der Waals surface area contributed by atoms with Crippen LogP contribution in [-0.4, -0.2) is 18.5 Å². The molecule has 1 amide bonds. The van der Waals surface area contributed by atoms with Crippen molar-refractivity contribution in [1.29, 1.82) is 0 Å². The van der Waals surface area contributed by atoms with E-state index in [0.717, 1.165) is 6.42 Å². The standard InChI is InChI=1S/C24H26N2O/c1-19(24(27)25-18-17-20-11-5-2-6-12-20)26-23(21-13-7-3-8-14-21)22-15-9-4-10-16-22/h2-16,19,23,26H,17-18H2,1H3,(H,25,27)/p+1/t19-/m1/s1. The van der Waals surface area contributed by atoms with Gasteiger partial charge in [-0.2, -0.15) is 0 Å². The van der Waals surface area contributed by atoms with Crippen LogP contribution in [0.4, 0.5) is 0 Å². The Hall–Kier alpha value is -2.91. The lowest BCUT2D eigenvalue weighted by Crippen LogP contribution is -2.92. The Morgan fingerprint density at radius 1 is 0.815 bits per heavy atom. The number of rotatable bonds is 8. The highest BCUT2D eigenvalue weighted by Crippen LogP contribution is 2.17. The first-order valence-corrected chi connectivity index (χ1v) is 9.50. The molecule has 3 aromatic rings. The van der Waals surface area contributed by atoms with E-state index in [1.807, 2.05) is 61.5 Å². The lowest BCUT2D eigenvalue weighted by Gasteiger charge is -2.20. The third-order valence-corrected chi connectivity index (χ3v) is 4.77. The molecule has 0 aliphatic rings. The van der Waals surface area contributed by atoms with Crippen molar-refractivity contribution in [2.24, 2.45) is 0 Å². The third-order valence-electron chi connectivity index (χ3n) is 4.77. The van der Waals surface area contributed by atoms with Crippen LogP contribution in [0.2, 0.25) is 0 Å². The normalized spacial score (nSPS) is 11.9. The number of nitrogens with two attached hydrogens (primary N) is 1. The van der Waals surface area contributed by atoms with Crippen molar-refractivity contribution >= 4 is 5.91 Å². The topological polar surface area (TPSA) is 45.7 Å². The van der Waals surface area contributed by atoms with E-state index < -0.39 is 0 Å². The Labute approximate surface area is 161 Å². The predicted molar refractivity (Wildman–Crippen MR) is 109 cm³/mol. The summed E-state index contributed by atoms with van der Waals surface area (Å²) in [7, 11) is 0. The van der Waals surface area contributed by atoms with Gasteiger partial charge in [-0.3, -0.25) is 4.79 Å². The van der Waals surface area contributed by atoms with Crippen molar-refractivity contribution in [2.75, 3.05) is 6.54 Å². The monoisotopic (exact) mass is 359 g/mol. The van der Waals surface area contributed by atoms with Gasteiger partial charge in [0.2, 0.25) is 0 Å². The number of hydrogen-bond acceptors (Lipinski definition) is 1. The lowest BCUT2D eigenvalue weighted by atomic mass is 9.98. The fraction of sp³-hybridized carbons (Fsp3) is 0.208. The summed E-state index contributed by atoms with van der Waals surface area (Å²) in [5.74, 6) is 0.0720. The SMILES string of the molecule is C[C@@H]([NH2+]C(c1ccccc1)c1ccccc1)C(=O)NCCc1ccccc1. The zero-order chi connectivity index (χ0) is 18.9. The average molecular weight is 359 g/mol. The quantitative estimate of drug-likeness (QED) is 0.638. The molecule has 1 atom stereocenters. The summed E-state index contributed by atoms with van der Waals surface area (Å²) in [5, 5.41) is 5.21. The second-order valence-corrected chi connectivity index (χ2v) is 6.81. The Morgan fingerprint density at radius 2 is 1.30 bits per heavy atom. The first-order valence-electron chi connectivity index (χ1n) is 9.50. The van der Waals surface area contributed by atoms with Crippen LogP contribution >= 0.6 is 0 Å². The van der Waals surface area contributed by atoms with Gasteiger partial charge in [0.25, 0.3) is 5.91 Å². The lowest BCUT2D eigenvalue weighted by molar-refractivity contribution is -0.704. The van der Waals surface area contributed by atoms with Crippen LogP contribution in [0.5, 0.6) is 0 Å². The minimum atomic E-state index is -0.175. The van der Waals surface area contributed by atoms with Gasteiger partial charge >= 0.3 is 0 Å². The van der Waals surface area contributed by atoms with Gasteiger partial charge in [-0.15, -0.1) is 0 Å². The maximum absolute atomic E-state index is 12.6. The molecule has 0 aliphatic heterocycles. The molecule has 0 saturated heterocycles. The van der Waals surface area contributed by atoms with E-state index in [2.05, 4.69) is 47.0 Å². The van der Waals surface area contributed by atoms with Crippen LogP contribution in [-0.2, 0) is 11.2 Å². The van der Waals surface area contributed by atoms with E-state index in [1.165, 1.54) is 16.7 Å². The molecule has 0 heterocycles. The van der Waals surface area contributed by atoms with Crippen LogP contribution in [0.1, 0.15) is 29.7 Å². The Morgan fingerprint density at radius 3 is 1.81 bits per heavy atom. The van der Waals surface area contributed by atoms with Gasteiger partial charge in [-0.05, 0) is 18.9 Å². The molecule has 0 aliphatic carbocycles. The number of carbonyl (C=O) groups excluding carboxylic acids is 1. The first kappa shape index (κ1) is 18.9. The van der Waals surface area contributed by atoms with Crippen molar-refractivity contribution in [3.05, 3.63) is 108 Å². The molecule has 0 spiro atoms. The number of nitrogens with one attached hydrogen (secondary N) is 1. The van der Waals surface area contributed by atoms with E-state index in [4.69, 9.17) is 0 Å². The average Bonchev–Trinajstić information content (AvgIpc) is 2.74. The molecule has 0 radical (unpaired) electrons. The van der Waals surface area contributed by atoms with Crippen LogP contribution in [0, 0.1) is 0 Å². The largest absolute Gasteiger partial charge is 0.351 e. The number of hydrogen-bond donors (Lipinski definition) is 2. The number of amides is 1. The van der Waals surface area contributed by atoms with Crippen molar-refractivity contribution in [1.82, 2.24) is 5.32 Å². The van der Waals surface area contributed by atoms with E-state index in [9.17, 15) is 4.79 Å². The molecular weight excluding hydrogens is 332 g/mol. The molecule has 27 heavy (non-hydrogen) atoms. The Kier molecular flexibility index (Phi) is 6.78. The van der Waals surface area contributed by atoms with E-state index >= 15 is 0 Å². The van der Waals surface area contributed by atoms with Crippen LogP contribution in [0.15, 0.2) is 91.0 Å². The maximum Gasteiger partial charge on any atom is 0.277 e. The van der Waals surface area contributed by atoms with Gasteiger partial charge in [0.1, 0.15) is 6.04 Å². The van der Waals surface area contributed by atoms with E-state index in [1.54, 1.807) is 0 Å². The molecule has 138 valence electrons. The summed E-state index contributed by atoms with van der Waals surface area (Å²) in [4.78, 5) is 12.6. The molecule has 3 rings (SSSR count). The van der Waals surface area contributed by atoms with E-state index in [0.29, 0.717) is 6.54 Å². The molecule has 0 saturated carbocycles. The summed E-state index contributed by atoms with van der Waals surface area (Å²) in [6.07, 6.45) is 0.847. The summed E-state index contributed by atoms with van der Waals surface area (Å²) in [6.45, 7) is 2.62. The Balaban J connectivity index is 1.62. The smallest absolute Gasteiger partial charge is 0.277 e. The summed E-state index contributed by atoms with van der Waals surface area (Å²) in [5.41, 5.74) is 3.64. The highest BCUT2D eigenvalue weighted by Gasteiger charge is 2.24. The van der Waals surface area contributed by atoms with Crippen LogP contribution < -0.4 is 10.6 Å². The van der Waals surface area contributed by atoms with Crippen molar-refractivity contribution in [3.8, 4) is 0 Å². The van der Waals surface area contributed by atoms with Crippen molar-refractivity contribution in [2.45, 2.75) is 25.4 Å². The van der Waals surface area contributed by atoms with Gasteiger partial charge in [0.15, 0.2) is 6.04 Å². The van der Waals surface area contributed by atoms with Crippen LogP contribution in [0.3, 0.4) is 0 Å². The van der Waals surface area contributed by atoms with Gasteiger partial charge in [-0.25, -0.2) is 0 Å². The van der Waals surface area contributed by atoms with Gasteiger partial charge in [0.05, 0.1) is 0 Å². The molecule has 0 bridgehead atoms. The number of quaternary nitrogens is 1. The fourth-order valence-electron chi connectivity index (χ4n) is 3.25. The molecular formula is C24H27N2O+. The maximum atomic E-state index is 12.6. The summed E-state index contributed by atoms with van der Waals surface area (Å²) < 4.78 is 0. The van der Waals surface area contributed by atoms with Gasteiger partial charge in [0, 0.05) is 17.7 Å². The fourth-order valence-corrected chi connectivity index (χ4v) is 3.25. The van der Waals surface area contributed by atoms with Gasteiger partial charge in [-0.1, -0.05) is 91.0 Å². The Bertz CT molecular complexity index is 779. The highest BCUT2D eigenvalue weighted by atomic mass is 16.2. The highest BCUT2D eigenvalue weighted by molar-refractivity contribution is 5.79. The van der Waals surface area contributed by atoms with Crippen molar-refractivity contribution in [3.63, 3.8) is 0 Å². The second kappa shape index (κ2) is 9.70. The minimum Gasteiger partial charge on any atom is -0.351 e. The minimum absolute atomic E-state index is 0.0720. The summed E-state index contributed by atoms with van der Waals surface area (Å²) in [6, 6.07) is 30.9. The van der Waals surface area contributed by atoms with E-state index in [-0.39, 0.29) is 18.0 Å². The molecule has 3 N–H and O–H groups in total. The van der Waals surface area contributed by atoms with Crippen molar-refractivity contribution < 1.29 is 10.1 Å². The molecule has 0 aromatic heterocycles. The predicted octanol–water partition coefficient (Wildman–Crippen LogP) is 3.09. The second-order valence-electron chi connectivity index (χ2n) is 6.81. The molecule has 3 aromatic carbocycles. The molecule has 0 unspecified atom stereocenters. The zero-order valence-corrected chi connectivity index (χ0v) is 15.7. The molecule has 3 heteroatoms. The zero-order valence-electron chi connectivity index (χ0n) is 15.7. The number of benzene rings is 3. The first-order chi connectivity index (χ1) is 13.2. The molecule has 3 nitrogen and oxygen atoms in total. The van der Waals surface area contributed by atoms with Crippen LogP contribution in [0.25, 0.3) is 0 Å². The molecule has 0 fully saturated rings. The summed E-state index contributed by atoms with van der Waals surface area (Å²) >= 11 is 0. The van der Waals surface area contributed by atoms with Gasteiger partial charge < -0.3 is 10.6 Å². The third kappa shape index (κ3) is 5.53.